The van der Waals surface area contributed by atoms with Crippen LogP contribution in [0.3, 0.4) is 0 Å². The number of nitrogens with zero attached hydrogens (tertiary/aromatic N) is 4. The van der Waals surface area contributed by atoms with Gasteiger partial charge in [-0.2, -0.15) is 13.2 Å². The number of carbonyl (C=O) groups excluding carboxylic acids is 2. The first-order chi connectivity index (χ1) is 18.5. The van der Waals surface area contributed by atoms with Crippen molar-refractivity contribution < 1.29 is 32.7 Å². The van der Waals surface area contributed by atoms with Crippen molar-refractivity contribution in [3.8, 4) is 0 Å². The van der Waals surface area contributed by atoms with Crippen LogP contribution >= 0.6 is 0 Å². The van der Waals surface area contributed by atoms with Gasteiger partial charge in [-0.1, -0.05) is 36.8 Å². The number of piperazine rings is 1. The molecule has 0 unspecified atom stereocenters. The third-order valence-corrected chi connectivity index (χ3v) is 7.86. The van der Waals surface area contributed by atoms with Crippen LogP contribution in [0.15, 0.2) is 48.7 Å². The van der Waals surface area contributed by atoms with E-state index in [4.69, 9.17) is 9.90 Å². The van der Waals surface area contributed by atoms with E-state index in [1.165, 1.54) is 5.56 Å². The van der Waals surface area contributed by atoms with Crippen molar-refractivity contribution in [2.24, 2.45) is 5.92 Å². The molecule has 0 bridgehead atoms. The number of alkyl halides is 3. The van der Waals surface area contributed by atoms with Crippen LogP contribution in [0.1, 0.15) is 43.4 Å². The molecule has 1 N–H and O–H groups in total. The zero-order chi connectivity index (χ0) is 28.2. The average Bonchev–Trinajstić information content (AvgIpc) is 2.88. The lowest BCUT2D eigenvalue weighted by atomic mass is 9.80. The zero-order valence-electron chi connectivity index (χ0n) is 21.9. The molecular weight excluding hydrogens is 513 g/mol. The third kappa shape index (κ3) is 6.41. The van der Waals surface area contributed by atoms with Gasteiger partial charge >= 0.3 is 12.1 Å². The molecule has 1 aromatic carbocycles. The van der Waals surface area contributed by atoms with Crippen LogP contribution in [0.4, 0.5) is 18.9 Å². The lowest BCUT2D eigenvalue weighted by Gasteiger charge is -2.53. The van der Waals surface area contributed by atoms with Crippen molar-refractivity contribution in [3.63, 3.8) is 0 Å². The normalized spacial score (nSPS) is 19.7. The fraction of sp³-hybridized carbons (Fsp3) is 0.500. The SMILES string of the molecule is Cc1ccc(N2CCN(Cc3ccccc3)C3(CCN(C(=O)C4CCC4)CC3)C2=O)cn1.O=C(O)C(F)(F)F. The molecule has 1 aliphatic carbocycles. The van der Waals surface area contributed by atoms with E-state index >= 15 is 0 Å². The number of aryl methyl sites for hydroxylation is 1. The topological polar surface area (TPSA) is 94.0 Å². The van der Waals surface area contributed by atoms with Crippen molar-refractivity contribution in [3.05, 3.63) is 59.9 Å². The average molecular weight is 547 g/mol. The first-order valence-corrected chi connectivity index (χ1v) is 13.1. The van der Waals surface area contributed by atoms with Gasteiger partial charge in [0, 0.05) is 44.3 Å². The Morgan fingerprint density at radius 3 is 2.18 bits per heavy atom. The first kappa shape index (κ1) is 28.5. The number of anilines is 1. The van der Waals surface area contributed by atoms with E-state index in [-0.39, 0.29) is 11.8 Å². The Labute approximate surface area is 225 Å². The number of piperidine rings is 1. The Hall–Kier alpha value is -3.47. The van der Waals surface area contributed by atoms with Crippen molar-refractivity contribution in [1.82, 2.24) is 14.8 Å². The highest BCUT2D eigenvalue weighted by molar-refractivity contribution is 6.01. The number of amides is 2. The van der Waals surface area contributed by atoms with E-state index in [1.54, 1.807) is 0 Å². The lowest BCUT2D eigenvalue weighted by molar-refractivity contribution is -0.192. The molecule has 2 saturated heterocycles. The Bertz CT molecular complexity index is 1160. The predicted molar refractivity (Wildman–Crippen MR) is 138 cm³/mol. The van der Waals surface area contributed by atoms with E-state index in [2.05, 4.69) is 34.1 Å². The second-order valence-electron chi connectivity index (χ2n) is 10.3. The minimum atomic E-state index is -5.08. The molecule has 0 radical (unpaired) electrons. The molecule has 5 rings (SSSR count). The van der Waals surface area contributed by atoms with Gasteiger partial charge in [0.05, 0.1) is 11.9 Å². The zero-order valence-corrected chi connectivity index (χ0v) is 21.9. The number of pyridine rings is 1. The number of likely N-dealkylation sites (tertiary alicyclic amines) is 1. The molecule has 2 aliphatic heterocycles. The number of benzene rings is 1. The van der Waals surface area contributed by atoms with Gasteiger partial charge in [-0.15, -0.1) is 0 Å². The second kappa shape index (κ2) is 11.7. The van der Waals surface area contributed by atoms with Crippen LogP contribution in [0.25, 0.3) is 0 Å². The summed E-state index contributed by atoms with van der Waals surface area (Å²) in [6, 6.07) is 14.3. The molecule has 3 heterocycles. The predicted octanol–water partition coefficient (Wildman–Crippen LogP) is 4.03. The highest BCUT2D eigenvalue weighted by atomic mass is 19.4. The third-order valence-electron chi connectivity index (χ3n) is 7.86. The molecule has 210 valence electrons. The highest BCUT2D eigenvalue weighted by Crippen LogP contribution is 2.38. The summed E-state index contributed by atoms with van der Waals surface area (Å²) in [5.74, 6) is -2.10. The smallest absolute Gasteiger partial charge is 0.475 e. The number of carboxylic acid groups (broad SMARTS) is 1. The quantitative estimate of drug-likeness (QED) is 0.623. The van der Waals surface area contributed by atoms with Crippen molar-refractivity contribution in [1.29, 1.82) is 0 Å². The number of carboxylic acids is 1. The summed E-state index contributed by atoms with van der Waals surface area (Å²) >= 11 is 0. The molecule has 3 fully saturated rings. The van der Waals surface area contributed by atoms with Gasteiger partial charge in [0.15, 0.2) is 0 Å². The summed E-state index contributed by atoms with van der Waals surface area (Å²) < 4.78 is 31.7. The Balaban J connectivity index is 0.000000448. The van der Waals surface area contributed by atoms with Crippen LogP contribution in [0.2, 0.25) is 0 Å². The van der Waals surface area contributed by atoms with Gasteiger partial charge in [-0.25, -0.2) is 4.79 Å². The van der Waals surface area contributed by atoms with Crippen LogP contribution < -0.4 is 4.90 Å². The molecule has 1 spiro atoms. The maximum atomic E-state index is 14.0. The number of rotatable bonds is 4. The van der Waals surface area contributed by atoms with Gasteiger partial charge in [0.25, 0.3) is 0 Å². The number of aromatic nitrogens is 1. The van der Waals surface area contributed by atoms with Crippen molar-refractivity contribution in [2.45, 2.75) is 57.3 Å². The molecule has 1 aromatic heterocycles. The van der Waals surface area contributed by atoms with E-state index in [0.29, 0.717) is 38.4 Å². The van der Waals surface area contributed by atoms with Gasteiger partial charge in [-0.3, -0.25) is 19.5 Å². The number of halogens is 3. The van der Waals surface area contributed by atoms with E-state index in [0.717, 1.165) is 43.7 Å². The largest absolute Gasteiger partial charge is 0.490 e. The fourth-order valence-corrected chi connectivity index (χ4v) is 5.36. The molecule has 3 aliphatic rings. The summed E-state index contributed by atoms with van der Waals surface area (Å²) in [7, 11) is 0. The number of carbonyl (C=O) groups is 3. The van der Waals surface area contributed by atoms with Gasteiger partial charge in [-0.05, 0) is 50.3 Å². The molecular formula is C28H33F3N4O4. The molecule has 11 heteroatoms. The van der Waals surface area contributed by atoms with Crippen LogP contribution in [0, 0.1) is 12.8 Å². The minimum absolute atomic E-state index is 0.154. The minimum Gasteiger partial charge on any atom is -0.475 e. The number of hydrogen-bond donors (Lipinski definition) is 1. The highest BCUT2D eigenvalue weighted by Gasteiger charge is 2.51. The van der Waals surface area contributed by atoms with Crippen molar-refractivity contribution in [2.75, 3.05) is 31.1 Å². The Morgan fingerprint density at radius 2 is 1.67 bits per heavy atom. The van der Waals surface area contributed by atoms with Crippen LogP contribution in [-0.2, 0) is 20.9 Å². The molecule has 8 nitrogen and oxygen atoms in total. The fourth-order valence-electron chi connectivity index (χ4n) is 5.36. The monoisotopic (exact) mass is 546 g/mol. The van der Waals surface area contributed by atoms with Gasteiger partial charge in [0.2, 0.25) is 11.8 Å². The molecule has 1 saturated carbocycles. The summed E-state index contributed by atoms with van der Waals surface area (Å²) in [6.45, 7) is 5.50. The van der Waals surface area contributed by atoms with Gasteiger partial charge < -0.3 is 14.9 Å². The van der Waals surface area contributed by atoms with E-state index < -0.39 is 17.7 Å². The second-order valence-corrected chi connectivity index (χ2v) is 10.3. The molecule has 2 amide bonds. The first-order valence-electron chi connectivity index (χ1n) is 13.1. The van der Waals surface area contributed by atoms with Gasteiger partial charge in [0.1, 0.15) is 5.54 Å². The summed E-state index contributed by atoms with van der Waals surface area (Å²) in [5, 5.41) is 7.12. The van der Waals surface area contributed by atoms with Crippen molar-refractivity contribution >= 4 is 23.5 Å². The maximum absolute atomic E-state index is 14.0. The van der Waals surface area contributed by atoms with Crippen LogP contribution in [0.5, 0.6) is 0 Å². The van der Waals surface area contributed by atoms with E-state index in [1.807, 2.05) is 41.1 Å². The summed E-state index contributed by atoms with van der Waals surface area (Å²) in [6.07, 6.45) is 1.31. The number of hydrogen-bond acceptors (Lipinski definition) is 5. The van der Waals surface area contributed by atoms with Crippen LogP contribution in [-0.4, -0.2) is 75.6 Å². The van der Waals surface area contributed by atoms with E-state index in [9.17, 15) is 22.8 Å². The Morgan fingerprint density at radius 1 is 1.03 bits per heavy atom. The summed E-state index contributed by atoms with van der Waals surface area (Å²) in [4.78, 5) is 46.5. The lowest BCUT2D eigenvalue weighted by Crippen LogP contribution is -2.69. The Kier molecular flexibility index (Phi) is 8.58. The summed E-state index contributed by atoms with van der Waals surface area (Å²) in [5.41, 5.74) is 2.46. The standard InChI is InChI=1S/C26H32N4O2.C2HF3O2/c1-20-10-11-23(18-27-20)30-17-16-29(19-21-6-3-2-4-7-21)26(25(30)32)12-14-28(15-13-26)24(31)22-8-5-9-22;3-2(4,5)1(6)7/h2-4,6-7,10-11,18,22H,5,8-9,12-17,19H2,1H3;(H,6,7). The molecule has 39 heavy (non-hydrogen) atoms. The molecule has 2 aromatic rings. The number of aliphatic carboxylic acids is 1. The maximum Gasteiger partial charge on any atom is 0.490 e. The molecule has 0 atom stereocenters.